The third-order valence-corrected chi connectivity index (χ3v) is 13.6. The van der Waals surface area contributed by atoms with Crippen LogP contribution in [0.5, 0.6) is 0 Å². The number of fused-ring (bicyclic) bond motifs is 1. The number of nitrogens with two attached hydrogens (primary N) is 1. The highest BCUT2D eigenvalue weighted by Crippen LogP contribution is 2.29. The van der Waals surface area contributed by atoms with Crippen molar-refractivity contribution in [2.75, 3.05) is 19.6 Å². The molecular formula is C57H82IN7O11. The number of hydrogen-bond donors (Lipinski definition) is 8. The van der Waals surface area contributed by atoms with Gasteiger partial charge in [0.1, 0.15) is 29.3 Å². The smallest absolute Gasteiger partial charge is 0.329 e. The Labute approximate surface area is 461 Å². The molecule has 19 heteroatoms. The third kappa shape index (κ3) is 24.4. The van der Waals surface area contributed by atoms with E-state index in [-0.39, 0.29) is 61.8 Å². The fraction of sp³-hybridized carbons (Fsp3) is 0.579. The summed E-state index contributed by atoms with van der Waals surface area (Å²) in [5.41, 5.74) is 6.64. The molecule has 3 aromatic rings. The normalized spacial score (nSPS) is 16.2. The zero-order valence-electron chi connectivity index (χ0n) is 45.2. The number of aryl methyl sites for hydroxylation is 1. The Kier molecular flexibility index (Phi) is 25.9. The summed E-state index contributed by atoms with van der Waals surface area (Å²) in [6.07, 6.45) is 7.16. The minimum atomic E-state index is -1.34. The maximum Gasteiger partial charge on any atom is 0.329 e. The van der Waals surface area contributed by atoms with Gasteiger partial charge in [0.2, 0.25) is 23.6 Å². The van der Waals surface area contributed by atoms with Crippen molar-refractivity contribution in [1.29, 1.82) is 0 Å². The number of urea groups is 1. The van der Waals surface area contributed by atoms with Crippen molar-refractivity contribution in [2.24, 2.45) is 17.6 Å². The largest absolute Gasteiger partial charge is 0.480 e. The molecule has 4 atom stereocenters. The molecule has 9 N–H and O–H groups in total. The number of unbranched alkanes of at least 4 members (excludes halogenated alkanes) is 2. The number of carboxylic acid groups (broad SMARTS) is 1. The van der Waals surface area contributed by atoms with Gasteiger partial charge in [-0.1, -0.05) is 54.6 Å². The number of nitrogens with one attached hydrogen (secondary N) is 6. The summed E-state index contributed by atoms with van der Waals surface area (Å²) in [4.78, 5) is 103. The fourth-order valence-electron chi connectivity index (χ4n) is 8.85. The number of hydrogen-bond acceptors (Lipinski definition) is 11. The highest BCUT2D eigenvalue weighted by Gasteiger charge is 2.32. The Hall–Kier alpha value is -5.83. The summed E-state index contributed by atoms with van der Waals surface area (Å²) in [6.45, 7) is 11.2. The Morgan fingerprint density at radius 1 is 0.645 bits per heavy atom. The number of ether oxygens (including phenoxy) is 2. The fourth-order valence-corrected chi connectivity index (χ4v) is 9.21. The molecule has 6 amide bonds. The molecule has 1 saturated carbocycles. The van der Waals surface area contributed by atoms with Crippen molar-refractivity contribution in [1.82, 2.24) is 31.9 Å². The molecule has 0 heterocycles. The van der Waals surface area contributed by atoms with Crippen LogP contribution in [0.15, 0.2) is 66.7 Å². The van der Waals surface area contributed by atoms with Crippen LogP contribution in [0.4, 0.5) is 4.79 Å². The minimum absolute atomic E-state index is 0.00245. The van der Waals surface area contributed by atoms with E-state index in [0.29, 0.717) is 70.9 Å². The van der Waals surface area contributed by atoms with E-state index >= 15 is 0 Å². The van der Waals surface area contributed by atoms with E-state index in [9.17, 15) is 43.5 Å². The van der Waals surface area contributed by atoms with Gasteiger partial charge in [0, 0.05) is 48.4 Å². The lowest BCUT2D eigenvalue weighted by molar-refractivity contribution is -0.158. The zero-order chi connectivity index (χ0) is 55.8. The second-order valence-corrected chi connectivity index (χ2v) is 23.1. The molecule has 0 radical (unpaired) electrons. The van der Waals surface area contributed by atoms with Gasteiger partial charge in [0.15, 0.2) is 0 Å². The summed E-state index contributed by atoms with van der Waals surface area (Å²) < 4.78 is 12.0. The molecule has 4 rings (SSSR count). The topological polar surface area (TPSA) is 273 Å². The first kappa shape index (κ1) is 62.7. The van der Waals surface area contributed by atoms with Gasteiger partial charge in [-0.25, -0.2) is 14.4 Å². The monoisotopic (exact) mass is 1170 g/mol. The van der Waals surface area contributed by atoms with Gasteiger partial charge in [0.05, 0.1) is 6.04 Å². The molecule has 0 unspecified atom stereocenters. The SMILES string of the molecule is CC(C)(C)OC(=O)CC[C@H](NC(=O)N[C@@H](CCCCNC(=O)[C@@H](Cc1ccc2ccccc2c1)NC(=O)[C@H]1CC[C@H](CNC(=O)[C@@H](N)CCCCNC(=O)CCCc2ccc(I)cc2)CC1)C(=O)O)C(=O)OC(C)(C)C. The summed E-state index contributed by atoms with van der Waals surface area (Å²) in [5, 5.41) is 28.7. The number of carboxylic acids is 1. The van der Waals surface area contributed by atoms with Gasteiger partial charge in [-0.05, 0) is 188 Å². The van der Waals surface area contributed by atoms with Crippen LogP contribution in [-0.2, 0) is 55.9 Å². The number of esters is 2. The standard InChI is InChI=1S/C57H82IN7O11/c1-56(2,3)75-49(67)31-30-46(54(73)76-57(4,5)6)65-55(74)64-45(53(71)72)18-10-12-33-61-52(70)47(35-39-22-25-40-15-7-8-16-42(40)34-39)63-50(68)41-26-20-38(21-27-41)36-62-51(69)44(59)17-9-11-32-60-48(66)19-13-14-37-23-28-43(58)29-24-37/h7-8,15-16,22-25,28-29,34,38,41,44-47H,9-14,17-21,26-27,30-33,35-36,59H2,1-6H3,(H,60,66)(H,61,70)(H,62,69)(H,63,68)(H,71,72)(H2,64,65,74)/t38-,41-,44-,45-,46-,47+/m0/s1. The van der Waals surface area contributed by atoms with E-state index in [1.165, 1.54) is 9.13 Å². The van der Waals surface area contributed by atoms with Gasteiger partial charge in [0.25, 0.3) is 0 Å². The molecule has 76 heavy (non-hydrogen) atoms. The predicted molar refractivity (Wildman–Crippen MR) is 300 cm³/mol. The number of carbonyl (C=O) groups is 8. The first-order valence-corrected chi connectivity index (χ1v) is 27.9. The first-order chi connectivity index (χ1) is 35.9. The van der Waals surface area contributed by atoms with Crippen molar-refractivity contribution in [3.63, 3.8) is 0 Å². The van der Waals surface area contributed by atoms with Crippen LogP contribution in [0.3, 0.4) is 0 Å². The van der Waals surface area contributed by atoms with Crippen molar-refractivity contribution < 1.29 is 52.9 Å². The van der Waals surface area contributed by atoms with Crippen LogP contribution in [0.25, 0.3) is 10.8 Å². The molecule has 0 bridgehead atoms. The van der Waals surface area contributed by atoms with Crippen LogP contribution in [-0.4, -0.2) is 108 Å². The maximum atomic E-state index is 13.8. The molecule has 1 fully saturated rings. The van der Waals surface area contributed by atoms with Crippen LogP contribution >= 0.6 is 22.6 Å². The number of benzene rings is 3. The van der Waals surface area contributed by atoms with Crippen LogP contribution < -0.4 is 37.6 Å². The van der Waals surface area contributed by atoms with Gasteiger partial charge in [-0.2, -0.15) is 0 Å². The van der Waals surface area contributed by atoms with E-state index in [1.54, 1.807) is 41.5 Å². The van der Waals surface area contributed by atoms with Gasteiger partial charge in [-0.15, -0.1) is 0 Å². The van der Waals surface area contributed by atoms with E-state index in [0.717, 1.165) is 35.6 Å². The summed E-state index contributed by atoms with van der Waals surface area (Å²) >= 11 is 2.27. The average Bonchev–Trinajstić information content (AvgIpc) is 3.35. The van der Waals surface area contributed by atoms with Crippen molar-refractivity contribution in [2.45, 2.75) is 180 Å². The predicted octanol–water partition coefficient (Wildman–Crippen LogP) is 6.90. The molecule has 1 aliphatic rings. The summed E-state index contributed by atoms with van der Waals surface area (Å²) in [5.74, 6) is -3.64. The summed E-state index contributed by atoms with van der Waals surface area (Å²) in [6, 6.07) is 17.0. The first-order valence-electron chi connectivity index (χ1n) is 26.8. The lowest BCUT2D eigenvalue weighted by atomic mass is 9.81. The molecule has 0 aliphatic heterocycles. The highest BCUT2D eigenvalue weighted by atomic mass is 127. The van der Waals surface area contributed by atoms with Gasteiger partial charge in [-0.3, -0.25) is 24.0 Å². The molecular weight excluding hydrogens is 1090 g/mol. The summed E-state index contributed by atoms with van der Waals surface area (Å²) in [7, 11) is 0. The highest BCUT2D eigenvalue weighted by molar-refractivity contribution is 14.1. The third-order valence-electron chi connectivity index (χ3n) is 12.9. The van der Waals surface area contributed by atoms with Crippen molar-refractivity contribution in [3.8, 4) is 0 Å². The van der Waals surface area contributed by atoms with Crippen LogP contribution in [0, 0.1) is 15.4 Å². The van der Waals surface area contributed by atoms with E-state index in [4.69, 9.17) is 15.2 Å². The lowest BCUT2D eigenvalue weighted by Gasteiger charge is -2.29. The van der Waals surface area contributed by atoms with E-state index in [1.807, 2.05) is 42.5 Å². The number of halogens is 1. The number of carbonyl (C=O) groups excluding carboxylic acids is 7. The molecule has 1 aliphatic carbocycles. The van der Waals surface area contributed by atoms with Crippen LogP contribution in [0.1, 0.15) is 143 Å². The maximum absolute atomic E-state index is 13.8. The quantitative estimate of drug-likeness (QED) is 0.0200. The number of amides is 6. The average molecular weight is 1170 g/mol. The Morgan fingerprint density at radius 2 is 1.26 bits per heavy atom. The lowest BCUT2D eigenvalue weighted by Crippen LogP contribution is -2.52. The van der Waals surface area contributed by atoms with Crippen molar-refractivity contribution in [3.05, 3.63) is 81.4 Å². The van der Waals surface area contributed by atoms with Crippen LogP contribution in [0.2, 0.25) is 0 Å². The van der Waals surface area contributed by atoms with Crippen molar-refractivity contribution >= 4 is 80.9 Å². The minimum Gasteiger partial charge on any atom is -0.480 e. The van der Waals surface area contributed by atoms with E-state index in [2.05, 4.69) is 78.8 Å². The molecule has 18 nitrogen and oxygen atoms in total. The molecule has 418 valence electrons. The number of rotatable bonds is 29. The van der Waals surface area contributed by atoms with Gasteiger partial charge < -0.3 is 52.2 Å². The van der Waals surface area contributed by atoms with Gasteiger partial charge >= 0.3 is 23.9 Å². The Balaban J connectivity index is 1.21. The molecule has 0 aromatic heterocycles. The Bertz CT molecular complexity index is 2400. The number of aliphatic carboxylic acids is 1. The molecule has 3 aromatic carbocycles. The molecule has 0 spiro atoms. The zero-order valence-corrected chi connectivity index (χ0v) is 47.4. The Morgan fingerprint density at radius 3 is 1.92 bits per heavy atom. The van der Waals surface area contributed by atoms with E-state index < -0.39 is 65.2 Å². The second-order valence-electron chi connectivity index (χ2n) is 21.8. The molecule has 0 saturated heterocycles. The second kappa shape index (κ2) is 31.4.